The number of hydrogen-bond acceptors (Lipinski definition) is 3. The molecule has 1 aromatic carbocycles. The van der Waals surface area contributed by atoms with Crippen LogP contribution >= 0.6 is 12.4 Å². The fourth-order valence-corrected chi connectivity index (χ4v) is 2.04. The van der Waals surface area contributed by atoms with Crippen molar-refractivity contribution >= 4 is 18.4 Å². The third-order valence-electron chi connectivity index (χ3n) is 3.10. The van der Waals surface area contributed by atoms with Crippen LogP contribution in [0.15, 0.2) is 24.3 Å². The van der Waals surface area contributed by atoms with Crippen LogP contribution in [0.1, 0.15) is 12.0 Å². The normalized spacial score (nSPS) is 21.7. The average molecular weight is 304 g/mol. The summed E-state index contributed by atoms with van der Waals surface area (Å²) in [5.74, 6) is -0.327. The Labute approximate surface area is 123 Å². The van der Waals surface area contributed by atoms with E-state index in [9.17, 15) is 14.3 Å². The lowest BCUT2D eigenvalue weighted by Gasteiger charge is -2.29. The van der Waals surface area contributed by atoms with Crippen molar-refractivity contribution in [2.75, 3.05) is 13.1 Å². The minimum absolute atomic E-state index is 0. The van der Waals surface area contributed by atoms with Crippen molar-refractivity contribution in [1.82, 2.24) is 16.0 Å². The molecule has 0 radical (unpaired) electrons. The summed E-state index contributed by atoms with van der Waals surface area (Å²) in [5, 5.41) is 18.1. The molecule has 0 aliphatic carbocycles. The molecule has 2 atom stereocenters. The van der Waals surface area contributed by atoms with Gasteiger partial charge in [0.05, 0.1) is 12.1 Å². The number of nitrogens with one attached hydrogen (secondary N) is 3. The van der Waals surface area contributed by atoms with E-state index in [-0.39, 0.29) is 36.8 Å². The van der Waals surface area contributed by atoms with Gasteiger partial charge in [0.25, 0.3) is 0 Å². The zero-order valence-corrected chi connectivity index (χ0v) is 11.8. The first-order valence-corrected chi connectivity index (χ1v) is 6.33. The van der Waals surface area contributed by atoms with Crippen LogP contribution in [0.3, 0.4) is 0 Å². The SMILES string of the molecule is Cl.O=C(NCc1cccc(F)c1)N[C@H]1CNCC[C@H]1O. The van der Waals surface area contributed by atoms with Gasteiger partial charge in [-0.05, 0) is 30.7 Å². The number of piperidine rings is 1. The van der Waals surface area contributed by atoms with Crippen molar-refractivity contribution in [3.63, 3.8) is 0 Å². The van der Waals surface area contributed by atoms with Gasteiger partial charge in [-0.1, -0.05) is 12.1 Å². The Morgan fingerprint density at radius 2 is 2.30 bits per heavy atom. The van der Waals surface area contributed by atoms with Gasteiger partial charge in [-0.15, -0.1) is 12.4 Å². The van der Waals surface area contributed by atoms with Gasteiger partial charge in [0.1, 0.15) is 5.82 Å². The van der Waals surface area contributed by atoms with E-state index < -0.39 is 6.10 Å². The maximum Gasteiger partial charge on any atom is 0.315 e. The molecule has 1 aromatic rings. The van der Waals surface area contributed by atoms with E-state index in [1.54, 1.807) is 12.1 Å². The number of carbonyl (C=O) groups excluding carboxylic acids is 1. The third kappa shape index (κ3) is 4.96. The number of amides is 2. The van der Waals surface area contributed by atoms with Crippen molar-refractivity contribution in [2.45, 2.75) is 25.1 Å². The minimum atomic E-state index is -0.527. The second kappa shape index (κ2) is 8.04. The maximum absolute atomic E-state index is 12.9. The number of halogens is 2. The molecular weight excluding hydrogens is 285 g/mol. The number of rotatable bonds is 3. The summed E-state index contributed by atoms with van der Waals surface area (Å²) in [6.45, 7) is 1.55. The molecule has 112 valence electrons. The highest BCUT2D eigenvalue weighted by molar-refractivity contribution is 5.85. The molecule has 7 heteroatoms. The van der Waals surface area contributed by atoms with Crippen LogP contribution in [0.4, 0.5) is 9.18 Å². The molecule has 2 rings (SSSR count). The van der Waals surface area contributed by atoms with Crippen molar-refractivity contribution in [3.05, 3.63) is 35.6 Å². The molecule has 2 amide bonds. The monoisotopic (exact) mass is 303 g/mol. The van der Waals surface area contributed by atoms with E-state index in [0.717, 1.165) is 6.54 Å². The molecule has 0 spiro atoms. The summed E-state index contributed by atoms with van der Waals surface area (Å²) >= 11 is 0. The Morgan fingerprint density at radius 3 is 3.00 bits per heavy atom. The predicted molar refractivity (Wildman–Crippen MR) is 76.3 cm³/mol. The third-order valence-corrected chi connectivity index (χ3v) is 3.10. The summed E-state index contributed by atoms with van der Waals surface area (Å²) in [5.41, 5.74) is 0.692. The van der Waals surface area contributed by atoms with Gasteiger partial charge < -0.3 is 21.1 Å². The van der Waals surface area contributed by atoms with Crippen molar-refractivity contribution < 1.29 is 14.3 Å². The lowest BCUT2D eigenvalue weighted by atomic mass is 10.0. The maximum atomic E-state index is 12.9. The van der Waals surface area contributed by atoms with Crippen LogP contribution in [0, 0.1) is 5.82 Å². The molecule has 5 nitrogen and oxygen atoms in total. The Morgan fingerprint density at radius 1 is 1.50 bits per heavy atom. The lowest BCUT2D eigenvalue weighted by molar-refractivity contribution is 0.102. The molecule has 1 saturated heterocycles. The standard InChI is InChI=1S/C13H18FN3O2.ClH/c14-10-3-1-2-9(6-10)7-16-13(19)17-11-8-15-5-4-12(11)18;/h1-3,6,11-12,15,18H,4-5,7-8H2,(H2,16,17,19);1H/t11-,12+;/m0./s1. The zero-order valence-electron chi connectivity index (χ0n) is 10.9. The number of aliphatic hydroxyl groups excluding tert-OH is 1. The largest absolute Gasteiger partial charge is 0.391 e. The molecule has 1 aliphatic rings. The summed E-state index contributed by atoms with van der Waals surface area (Å²) in [7, 11) is 0. The summed E-state index contributed by atoms with van der Waals surface area (Å²) in [6, 6.07) is 5.41. The van der Waals surface area contributed by atoms with Gasteiger partial charge in [0.15, 0.2) is 0 Å². The molecule has 1 fully saturated rings. The minimum Gasteiger partial charge on any atom is -0.391 e. The van der Waals surface area contributed by atoms with Gasteiger partial charge >= 0.3 is 6.03 Å². The Kier molecular flexibility index (Phi) is 6.70. The summed E-state index contributed by atoms with van der Waals surface area (Å²) in [4.78, 5) is 11.7. The Hall–Kier alpha value is -1.37. The number of aliphatic hydroxyl groups is 1. The van der Waals surface area contributed by atoms with E-state index in [1.165, 1.54) is 12.1 Å². The van der Waals surface area contributed by atoms with E-state index in [2.05, 4.69) is 16.0 Å². The van der Waals surface area contributed by atoms with Gasteiger partial charge in [0.2, 0.25) is 0 Å². The zero-order chi connectivity index (χ0) is 13.7. The number of hydrogen-bond donors (Lipinski definition) is 4. The van der Waals surface area contributed by atoms with Gasteiger partial charge in [0, 0.05) is 13.1 Å². The Balaban J connectivity index is 0.00000200. The highest BCUT2D eigenvalue weighted by Crippen LogP contribution is 2.04. The van der Waals surface area contributed by atoms with E-state index >= 15 is 0 Å². The van der Waals surface area contributed by atoms with Crippen LogP contribution in [0.2, 0.25) is 0 Å². The van der Waals surface area contributed by atoms with Crippen LogP contribution in [0.25, 0.3) is 0 Å². The van der Waals surface area contributed by atoms with Crippen molar-refractivity contribution in [1.29, 1.82) is 0 Å². The van der Waals surface area contributed by atoms with E-state index in [1.807, 2.05) is 0 Å². The van der Waals surface area contributed by atoms with Crippen LogP contribution < -0.4 is 16.0 Å². The average Bonchev–Trinajstić information content (AvgIpc) is 2.39. The van der Waals surface area contributed by atoms with Gasteiger partial charge in [-0.2, -0.15) is 0 Å². The molecule has 1 heterocycles. The second-order valence-corrected chi connectivity index (χ2v) is 4.62. The number of benzene rings is 1. The highest BCUT2D eigenvalue weighted by atomic mass is 35.5. The number of carbonyl (C=O) groups is 1. The molecule has 4 N–H and O–H groups in total. The first-order valence-electron chi connectivity index (χ1n) is 6.33. The first-order chi connectivity index (χ1) is 9.15. The van der Waals surface area contributed by atoms with Gasteiger partial charge in [-0.25, -0.2) is 9.18 Å². The molecule has 0 unspecified atom stereocenters. The van der Waals surface area contributed by atoms with Crippen LogP contribution in [-0.2, 0) is 6.54 Å². The number of urea groups is 1. The quantitative estimate of drug-likeness (QED) is 0.666. The second-order valence-electron chi connectivity index (χ2n) is 4.62. The van der Waals surface area contributed by atoms with Crippen molar-refractivity contribution in [3.8, 4) is 0 Å². The fraction of sp³-hybridized carbons (Fsp3) is 0.462. The smallest absolute Gasteiger partial charge is 0.315 e. The molecule has 20 heavy (non-hydrogen) atoms. The lowest BCUT2D eigenvalue weighted by Crippen LogP contribution is -2.55. The molecule has 1 aliphatic heterocycles. The van der Waals surface area contributed by atoms with E-state index in [0.29, 0.717) is 18.5 Å². The molecule has 0 aromatic heterocycles. The molecular formula is C13H19ClFN3O2. The van der Waals surface area contributed by atoms with Crippen LogP contribution in [-0.4, -0.2) is 36.4 Å². The van der Waals surface area contributed by atoms with E-state index in [4.69, 9.17) is 0 Å². The summed E-state index contributed by atoms with van der Waals surface area (Å²) < 4.78 is 12.9. The first kappa shape index (κ1) is 16.7. The van der Waals surface area contributed by atoms with Gasteiger partial charge in [-0.3, -0.25) is 0 Å². The van der Waals surface area contributed by atoms with Crippen molar-refractivity contribution in [2.24, 2.45) is 0 Å². The highest BCUT2D eigenvalue weighted by Gasteiger charge is 2.23. The summed E-state index contributed by atoms with van der Waals surface area (Å²) in [6.07, 6.45) is 0.0932. The molecule has 0 bridgehead atoms. The fourth-order valence-electron chi connectivity index (χ4n) is 2.04. The molecule has 0 saturated carbocycles. The predicted octanol–water partition coefficient (Wildman–Crippen LogP) is 0.769. The van der Waals surface area contributed by atoms with Crippen LogP contribution in [0.5, 0.6) is 0 Å². The topological polar surface area (TPSA) is 73.4 Å². The Bertz CT molecular complexity index is 447.